The molecule has 1 atom stereocenters. The van der Waals surface area contributed by atoms with E-state index in [2.05, 4.69) is 15.9 Å². The Labute approximate surface area is 113 Å². The average molecular weight is 317 g/mol. The van der Waals surface area contributed by atoms with E-state index in [1.165, 1.54) is 13.2 Å². The molecule has 1 saturated heterocycles. The van der Waals surface area contributed by atoms with Crippen LogP contribution < -0.4 is 9.47 Å². The molecule has 0 saturated carbocycles. The summed E-state index contributed by atoms with van der Waals surface area (Å²) in [4.78, 5) is 11.0. The van der Waals surface area contributed by atoms with Crippen molar-refractivity contribution < 1.29 is 24.1 Å². The Morgan fingerprint density at radius 1 is 1.50 bits per heavy atom. The van der Waals surface area contributed by atoms with Gasteiger partial charge in [0.1, 0.15) is 6.10 Å². The van der Waals surface area contributed by atoms with Gasteiger partial charge in [-0.05, 0) is 28.1 Å². The lowest BCUT2D eigenvalue weighted by Crippen LogP contribution is -2.16. The van der Waals surface area contributed by atoms with Crippen molar-refractivity contribution >= 4 is 21.9 Å². The minimum Gasteiger partial charge on any atom is -0.493 e. The van der Waals surface area contributed by atoms with E-state index in [9.17, 15) is 4.79 Å². The fourth-order valence-corrected chi connectivity index (χ4v) is 2.23. The van der Waals surface area contributed by atoms with Crippen molar-refractivity contribution in [1.82, 2.24) is 0 Å². The highest BCUT2D eigenvalue weighted by atomic mass is 79.9. The third-order valence-electron chi connectivity index (χ3n) is 2.67. The highest BCUT2D eigenvalue weighted by molar-refractivity contribution is 9.10. The van der Waals surface area contributed by atoms with E-state index >= 15 is 0 Å². The second-order valence-corrected chi connectivity index (χ2v) is 4.75. The molecule has 0 spiro atoms. The van der Waals surface area contributed by atoms with Crippen LogP contribution in [0.25, 0.3) is 0 Å². The fraction of sp³-hybridized carbons (Fsp3) is 0.417. The van der Waals surface area contributed by atoms with Crippen molar-refractivity contribution in [3.8, 4) is 11.5 Å². The maximum absolute atomic E-state index is 11.0. The molecular formula is C12H13BrO5. The maximum Gasteiger partial charge on any atom is 0.336 e. The van der Waals surface area contributed by atoms with Crippen molar-refractivity contribution in [3.05, 3.63) is 22.2 Å². The van der Waals surface area contributed by atoms with Crippen LogP contribution in [0.5, 0.6) is 11.5 Å². The van der Waals surface area contributed by atoms with Gasteiger partial charge in [0.2, 0.25) is 0 Å². The van der Waals surface area contributed by atoms with E-state index in [0.717, 1.165) is 6.42 Å². The van der Waals surface area contributed by atoms with Gasteiger partial charge in [0.25, 0.3) is 0 Å². The van der Waals surface area contributed by atoms with E-state index in [0.29, 0.717) is 29.2 Å². The van der Waals surface area contributed by atoms with E-state index in [1.807, 2.05) is 0 Å². The Morgan fingerprint density at radius 2 is 2.28 bits per heavy atom. The second-order valence-electron chi connectivity index (χ2n) is 3.89. The summed E-state index contributed by atoms with van der Waals surface area (Å²) in [5.74, 6) is -0.0942. The first-order valence-corrected chi connectivity index (χ1v) is 6.26. The van der Waals surface area contributed by atoms with E-state index in [1.54, 1.807) is 6.07 Å². The Kier molecular flexibility index (Phi) is 4.08. The van der Waals surface area contributed by atoms with Gasteiger partial charge in [-0.2, -0.15) is 0 Å². The van der Waals surface area contributed by atoms with Crippen molar-refractivity contribution in [2.45, 2.75) is 12.5 Å². The summed E-state index contributed by atoms with van der Waals surface area (Å²) in [6, 6.07) is 3.05. The lowest BCUT2D eigenvalue weighted by atomic mass is 10.2. The van der Waals surface area contributed by atoms with Gasteiger partial charge in [0.05, 0.1) is 25.9 Å². The van der Waals surface area contributed by atoms with Crippen LogP contribution in [0.4, 0.5) is 0 Å². The van der Waals surface area contributed by atoms with E-state index < -0.39 is 5.97 Å². The summed E-state index contributed by atoms with van der Waals surface area (Å²) in [6.45, 7) is 1.23. The first-order chi connectivity index (χ1) is 8.61. The molecule has 1 heterocycles. The van der Waals surface area contributed by atoms with Gasteiger partial charge < -0.3 is 19.3 Å². The summed E-state index contributed by atoms with van der Waals surface area (Å²) in [6.07, 6.45) is 0.808. The predicted octanol–water partition coefficient (Wildman–Crippen LogP) is 2.32. The van der Waals surface area contributed by atoms with Crippen LogP contribution in [-0.4, -0.2) is 37.5 Å². The number of aromatic carboxylic acids is 1. The van der Waals surface area contributed by atoms with Crippen molar-refractivity contribution in [1.29, 1.82) is 0 Å². The summed E-state index contributed by atoms with van der Waals surface area (Å²) < 4.78 is 16.6. The van der Waals surface area contributed by atoms with Crippen molar-refractivity contribution in [2.75, 3.05) is 20.3 Å². The molecule has 98 valence electrons. The van der Waals surface area contributed by atoms with Gasteiger partial charge >= 0.3 is 5.97 Å². The summed E-state index contributed by atoms with van der Waals surface area (Å²) in [7, 11) is 1.48. The summed E-state index contributed by atoms with van der Waals surface area (Å²) in [5.41, 5.74) is 0.141. The number of hydrogen-bond acceptors (Lipinski definition) is 4. The Balaban J connectivity index is 2.28. The molecule has 5 nitrogen and oxygen atoms in total. The normalized spacial score (nSPS) is 18.7. The topological polar surface area (TPSA) is 65.0 Å². The number of rotatable bonds is 4. The number of hydrogen-bond donors (Lipinski definition) is 1. The largest absolute Gasteiger partial charge is 0.493 e. The molecule has 1 fully saturated rings. The molecular weight excluding hydrogens is 304 g/mol. The van der Waals surface area contributed by atoms with Crippen LogP contribution in [-0.2, 0) is 4.74 Å². The van der Waals surface area contributed by atoms with Crippen molar-refractivity contribution in [2.24, 2.45) is 0 Å². The molecule has 1 aliphatic rings. The molecule has 6 heteroatoms. The molecule has 0 unspecified atom stereocenters. The maximum atomic E-state index is 11.0. The number of halogens is 1. The lowest BCUT2D eigenvalue weighted by Gasteiger charge is -2.16. The van der Waals surface area contributed by atoms with Crippen LogP contribution in [0.3, 0.4) is 0 Å². The molecule has 0 radical (unpaired) electrons. The predicted molar refractivity (Wildman–Crippen MR) is 67.5 cm³/mol. The van der Waals surface area contributed by atoms with Gasteiger partial charge in [0, 0.05) is 10.9 Å². The van der Waals surface area contributed by atoms with Crippen LogP contribution in [0.1, 0.15) is 16.8 Å². The van der Waals surface area contributed by atoms with Crippen LogP contribution in [0.2, 0.25) is 0 Å². The minimum absolute atomic E-state index is 0.0125. The summed E-state index contributed by atoms with van der Waals surface area (Å²) >= 11 is 3.21. The number of carbonyl (C=O) groups is 1. The zero-order chi connectivity index (χ0) is 13.1. The molecule has 1 aromatic rings. The Hall–Kier alpha value is -1.27. The minimum atomic E-state index is -1.02. The van der Waals surface area contributed by atoms with Gasteiger partial charge in [0.15, 0.2) is 11.5 Å². The van der Waals surface area contributed by atoms with Crippen LogP contribution in [0, 0.1) is 0 Å². The molecule has 1 aliphatic heterocycles. The standard InChI is InChI=1S/C12H13BrO5/c1-16-10-4-8(12(14)15)9(13)5-11(10)18-7-2-3-17-6-7/h4-5,7H,2-3,6H2,1H3,(H,14,15)/t7-/m0/s1. The van der Waals surface area contributed by atoms with Crippen molar-refractivity contribution in [3.63, 3.8) is 0 Å². The molecule has 2 rings (SSSR count). The molecule has 0 amide bonds. The zero-order valence-electron chi connectivity index (χ0n) is 9.81. The average Bonchev–Trinajstić information content (AvgIpc) is 2.81. The molecule has 0 aliphatic carbocycles. The second kappa shape index (κ2) is 5.58. The van der Waals surface area contributed by atoms with Gasteiger partial charge in [-0.3, -0.25) is 0 Å². The SMILES string of the molecule is COc1cc(C(=O)O)c(Br)cc1O[C@H]1CCOC1. The first kappa shape index (κ1) is 13.2. The zero-order valence-corrected chi connectivity index (χ0v) is 11.4. The number of carboxylic acids is 1. The van der Waals surface area contributed by atoms with Gasteiger partial charge in [-0.15, -0.1) is 0 Å². The molecule has 1 aromatic carbocycles. The molecule has 0 bridgehead atoms. The number of carboxylic acid groups (broad SMARTS) is 1. The number of benzene rings is 1. The third-order valence-corrected chi connectivity index (χ3v) is 3.32. The lowest BCUT2D eigenvalue weighted by molar-refractivity contribution is 0.0695. The molecule has 18 heavy (non-hydrogen) atoms. The smallest absolute Gasteiger partial charge is 0.336 e. The van der Waals surface area contributed by atoms with E-state index in [-0.39, 0.29) is 11.7 Å². The number of methoxy groups -OCH3 is 1. The fourth-order valence-electron chi connectivity index (χ4n) is 1.74. The third kappa shape index (κ3) is 2.76. The monoisotopic (exact) mass is 316 g/mol. The quantitative estimate of drug-likeness (QED) is 0.923. The highest BCUT2D eigenvalue weighted by Crippen LogP contribution is 2.34. The number of ether oxygens (including phenoxy) is 3. The molecule has 0 aromatic heterocycles. The van der Waals surface area contributed by atoms with Gasteiger partial charge in [-0.1, -0.05) is 0 Å². The first-order valence-electron chi connectivity index (χ1n) is 5.47. The van der Waals surface area contributed by atoms with Crippen LogP contribution >= 0.6 is 15.9 Å². The Bertz CT molecular complexity index is 454. The van der Waals surface area contributed by atoms with Gasteiger partial charge in [-0.25, -0.2) is 4.79 Å². The van der Waals surface area contributed by atoms with Crippen LogP contribution in [0.15, 0.2) is 16.6 Å². The highest BCUT2D eigenvalue weighted by Gasteiger charge is 2.21. The summed E-state index contributed by atoms with van der Waals surface area (Å²) in [5, 5.41) is 9.01. The molecule has 1 N–H and O–H groups in total. The van der Waals surface area contributed by atoms with E-state index in [4.69, 9.17) is 19.3 Å². The Morgan fingerprint density at radius 3 is 2.83 bits per heavy atom.